The number of aryl methyl sites for hydroxylation is 2. The van der Waals surface area contributed by atoms with Crippen LogP contribution < -0.4 is 5.32 Å². The van der Waals surface area contributed by atoms with Crippen molar-refractivity contribution in [3.8, 4) is 5.69 Å². The van der Waals surface area contributed by atoms with E-state index < -0.39 is 0 Å². The number of nitrogens with one attached hydrogen (secondary N) is 1. The molecule has 1 N–H and O–H groups in total. The van der Waals surface area contributed by atoms with E-state index >= 15 is 0 Å². The van der Waals surface area contributed by atoms with Gasteiger partial charge >= 0.3 is 0 Å². The summed E-state index contributed by atoms with van der Waals surface area (Å²) in [5.74, 6) is -0.0128. The second-order valence-electron chi connectivity index (χ2n) is 6.02. The largest absolute Gasteiger partial charge is 0.355 e. The first-order valence-corrected chi connectivity index (χ1v) is 10.1. The summed E-state index contributed by atoms with van der Waals surface area (Å²) < 4.78 is 1.67. The Balaban J connectivity index is 1.60. The molecule has 0 saturated carbocycles. The van der Waals surface area contributed by atoms with Crippen LogP contribution >= 0.6 is 23.1 Å². The van der Waals surface area contributed by atoms with Crippen LogP contribution in [-0.2, 0) is 11.2 Å². The van der Waals surface area contributed by atoms with Crippen molar-refractivity contribution in [2.75, 3.05) is 6.54 Å². The first kappa shape index (κ1) is 18.6. The quantitative estimate of drug-likeness (QED) is 0.631. The Labute approximate surface area is 161 Å². The van der Waals surface area contributed by atoms with Crippen LogP contribution in [0.4, 0.5) is 0 Å². The number of carbonyl (C=O) groups is 1. The summed E-state index contributed by atoms with van der Waals surface area (Å²) in [4.78, 5) is 13.6. The molecule has 1 aromatic carbocycles. The second kappa shape index (κ2) is 8.46. The molecule has 2 aromatic heterocycles. The number of hydrogen-bond acceptors (Lipinski definition) is 6. The van der Waals surface area contributed by atoms with Gasteiger partial charge in [-0.05, 0) is 72.3 Å². The van der Waals surface area contributed by atoms with E-state index in [4.69, 9.17) is 0 Å². The summed E-state index contributed by atoms with van der Waals surface area (Å²) in [5, 5.41) is 17.3. The zero-order valence-electron chi connectivity index (χ0n) is 15.0. The number of carbonyl (C=O) groups excluding carboxylic acids is 1. The van der Waals surface area contributed by atoms with Crippen molar-refractivity contribution in [2.24, 2.45) is 0 Å². The zero-order chi connectivity index (χ0) is 18.5. The molecule has 8 heteroatoms. The third kappa shape index (κ3) is 4.50. The van der Waals surface area contributed by atoms with Crippen LogP contribution in [0.25, 0.3) is 5.69 Å². The van der Waals surface area contributed by atoms with E-state index in [0.717, 1.165) is 12.1 Å². The standard InChI is InChI=1S/C18H21N5OS2/c1-12-6-7-15(11-13(12)2)23-18(20-21-22-23)26-14(3)17(24)19-9-8-16-5-4-10-25-16/h4-7,10-11,14H,8-9H2,1-3H3,(H,19,24). The first-order chi connectivity index (χ1) is 12.5. The van der Waals surface area contributed by atoms with Crippen molar-refractivity contribution in [1.29, 1.82) is 0 Å². The highest BCUT2D eigenvalue weighted by atomic mass is 32.2. The average molecular weight is 388 g/mol. The van der Waals surface area contributed by atoms with Gasteiger partial charge in [0, 0.05) is 11.4 Å². The molecule has 0 bridgehead atoms. The van der Waals surface area contributed by atoms with E-state index in [-0.39, 0.29) is 11.2 Å². The Kier molecular flexibility index (Phi) is 6.05. The Bertz CT molecular complexity index is 876. The number of hydrogen-bond donors (Lipinski definition) is 1. The number of rotatable bonds is 7. The fraction of sp³-hybridized carbons (Fsp3) is 0.333. The van der Waals surface area contributed by atoms with Gasteiger partial charge in [0.25, 0.3) is 0 Å². The van der Waals surface area contributed by atoms with Crippen molar-refractivity contribution in [1.82, 2.24) is 25.5 Å². The van der Waals surface area contributed by atoms with Gasteiger partial charge in [0.05, 0.1) is 10.9 Å². The number of thioether (sulfide) groups is 1. The predicted octanol–water partition coefficient (Wildman–Crippen LogP) is 3.18. The van der Waals surface area contributed by atoms with Crippen molar-refractivity contribution in [3.63, 3.8) is 0 Å². The van der Waals surface area contributed by atoms with Gasteiger partial charge in [-0.25, -0.2) is 0 Å². The van der Waals surface area contributed by atoms with E-state index in [9.17, 15) is 4.79 Å². The van der Waals surface area contributed by atoms with E-state index in [1.807, 2.05) is 36.6 Å². The molecule has 3 aromatic rings. The van der Waals surface area contributed by atoms with Crippen molar-refractivity contribution >= 4 is 29.0 Å². The molecule has 0 saturated heterocycles. The lowest BCUT2D eigenvalue weighted by molar-refractivity contribution is -0.120. The molecule has 0 fully saturated rings. The Morgan fingerprint density at radius 2 is 2.15 bits per heavy atom. The Morgan fingerprint density at radius 1 is 1.31 bits per heavy atom. The summed E-state index contributed by atoms with van der Waals surface area (Å²) in [6, 6.07) is 10.2. The molecule has 0 aliphatic heterocycles. The second-order valence-corrected chi connectivity index (χ2v) is 8.36. The van der Waals surface area contributed by atoms with Crippen molar-refractivity contribution < 1.29 is 4.79 Å². The maximum atomic E-state index is 12.3. The van der Waals surface area contributed by atoms with Gasteiger partial charge in [0.15, 0.2) is 0 Å². The predicted molar refractivity (Wildman–Crippen MR) is 105 cm³/mol. The molecular weight excluding hydrogens is 366 g/mol. The molecule has 1 amide bonds. The minimum atomic E-state index is -0.283. The van der Waals surface area contributed by atoms with Crippen LogP contribution in [-0.4, -0.2) is 37.9 Å². The van der Waals surface area contributed by atoms with E-state index in [1.54, 1.807) is 16.0 Å². The van der Waals surface area contributed by atoms with Crippen molar-refractivity contribution in [3.05, 3.63) is 51.7 Å². The molecular formula is C18H21N5OS2. The average Bonchev–Trinajstić information content (AvgIpc) is 3.29. The molecule has 0 spiro atoms. The monoisotopic (exact) mass is 387 g/mol. The lowest BCUT2D eigenvalue weighted by Gasteiger charge is -2.12. The van der Waals surface area contributed by atoms with E-state index in [2.05, 4.69) is 40.8 Å². The summed E-state index contributed by atoms with van der Waals surface area (Å²) in [6.07, 6.45) is 0.848. The van der Waals surface area contributed by atoms with Crippen LogP contribution in [0.1, 0.15) is 22.9 Å². The molecule has 1 atom stereocenters. The third-order valence-corrected chi connectivity index (χ3v) is 6.05. The van der Waals surface area contributed by atoms with Crippen LogP contribution in [0, 0.1) is 13.8 Å². The molecule has 0 aliphatic carbocycles. The summed E-state index contributed by atoms with van der Waals surface area (Å²) in [7, 11) is 0. The highest BCUT2D eigenvalue weighted by Crippen LogP contribution is 2.24. The summed E-state index contributed by atoms with van der Waals surface area (Å²) >= 11 is 3.06. The number of amides is 1. The SMILES string of the molecule is Cc1ccc(-n2nnnc2SC(C)C(=O)NCCc2cccs2)cc1C. The molecule has 0 aliphatic rings. The van der Waals surface area contributed by atoms with Gasteiger partial charge in [-0.1, -0.05) is 23.9 Å². The number of aromatic nitrogens is 4. The fourth-order valence-corrected chi connectivity index (χ4v) is 3.93. The Morgan fingerprint density at radius 3 is 2.88 bits per heavy atom. The molecule has 3 rings (SSSR count). The van der Waals surface area contributed by atoms with Crippen LogP contribution in [0.3, 0.4) is 0 Å². The van der Waals surface area contributed by atoms with E-state index in [0.29, 0.717) is 11.7 Å². The molecule has 6 nitrogen and oxygen atoms in total. The smallest absolute Gasteiger partial charge is 0.233 e. The highest BCUT2D eigenvalue weighted by Gasteiger charge is 2.19. The van der Waals surface area contributed by atoms with Crippen molar-refractivity contribution in [2.45, 2.75) is 37.6 Å². The molecule has 1 unspecified atom stereocenters. The highest BCUT2D eigenvalue weighted by molar-refractivity contribution is 8.00. The van der Waals surface area contributed by atoms with Crippen LogP contribution in [0.5, 0.6) is 0 Å². The summed E-state index contributed by atoms with van der Waals surface area (Å²) in [6.45, 7) is 6.62. The topological polar surface area (TPSA) is 72.7 Å². The number of nitrogens with zero attached hydrogens (tertiary/aromatic N) is 4. The van der Waals surface area contributed by atoms with Gasteiger partial charge < -0.3 is 5.32 Å². The molecule has 0 radical (unpaired) electrons. The van der Waals surface area contributed by atoms with Gasteiger partial charge in [-0.15, -0.1) is 16.4 Å². The van der Waals surface area contributed by atoms with Gasteiger partial charge in [-0.2, -0.15) is 4.68 Å². The Hall–Kier alpha value is -2.19. The lowest BCUT2D eigenvalue weighted by atomic mass is 10.1. The lowest BCUT2D eigenvalue weighted by Crippen LogP contribution is -2.32. The number of benzene rings is 1. The fourth-order valence-electron chi connectivity index (χ4n) is 2.39. The van der Waals surface area contributed by atoms with E-state index in [1.165, 1.54) is 27.8 Å². The van der Waals surface area contributed by atoms with Gasteiger partial charge in [-0.3, -0.25) is 4.79 Å². The van der Waals surface area contributed by atoms with Gasteiger partial charge in [0.1, 0.15) is 0 Å². The normalized spacial score (nSPS) is 12.1. The number of tetrazole rings is 1. The first-order valence-electron chi connectivity index (χ1n) is 8.37. The minimum Gasteiger partial charge on any atom is -0.355 e. The molecule has 136 valence electrons. The summed E-state index contributed by atoms with van der Waals surface area (Å²) in [5.41, 5.74) is 3.29. The maximum Gasteiger partial charge on any atom is 0.233 e. The van der Waals surface area contributed by atoms with Gasteiger partial charge in [0.2, 0.25) is 11.1 Å². The zero-order valence-corrected chi connectivity index (χ0v) is 16.6. The molecule has 2 heterocycles. The van der Waals surface area contributed by atoms with Crippen LogP contribution in [0.15, 0.2) is 40.9 Å². The third-order valence-electron chi connectivity index (χ3n) is 4.08. The maximum absolute atomic E-state index is 12.3. The number of thiophene rings is 1. The van der Waals surface area contributed by atoms with Crippen LogP contribution in [0.2, 0.25) is 0 Å². The minimum absolute atomic E-state index is 0.0128. The molecule has 26 heavy (non-hydrogen) atoms.